The zero-order valence-electron chi connectivity index (χ0n) is 12.4. The molecule has 2 aromatic rings. The summed E-state index contributed by atoms with van der Waals surface area (Å²) in [5.41, 5.74) is 9.22. The van der Waals surface area contributed by atoms with Gasteiger partial charge in [0.05, 0.1) is 11.0 Å². The summed E-state index contributed by atoms with van der Waals surface area (Å²) in [6, 6.07) is 6.36. The summed E-state index contributed by atoms with van der Waals surface area (Å²) in [4.78, 5) is 4.79. The number of imidazole rings is 1. The minimum atomic E-state index is 0.596. The Morgan fingerprint density at radius 3 is 2.80 bits per heavy atom. The molecule has 0 spiro atoms. The molecule has 0 unspecified atom stereocenters. The number of aromatic nitrogens is 2. The van der Waals surface area contributed by atoms with E-state index < -0.39 is 0 Å². The normalized spacial score (nSPS) is 16.9. The van der Waals surface area contributed by atoms with Crippen LogP contribution < -0.4 is 5.73 Å². The quantitative estimate of drug-likeness (QED) is 0.924. The van der Waals surface area contributed by atoms with Crippen LogP contribution in [0.2, 0.25) is 0 Å². The number of aryl methyl sites for hydroxylation is 2. The molecule has 1 saturated carbocycles. The molecule has 1 fully saturated rings. The minimum Gasteiger partial charge on any atom is -0.331 e. The van der Waals surface area contributed by atoms with Crippen molar-refractivity contribution < 1.29 is 0 Å². The standard InChI is InChI=1S/C17H25N3/c1-20-16-11-14(12-18)7-9-15(16)19-17(20)10-8-13-5-3-2-4-6-13/h7,9,11,13H,2-6,8,10,12,18H2,1H3. The first kappa shape index (κ1) is 13.6. The van der Waals surface area contributed by atoms with Gasteiger partial charge in [-0.05, 0) is 30.0 Å². The van der Waals surface area contributed by atoms with Crippen LogP contribution in [0.15, 0.2) is 18.2 Å². The summed E-state index contributed by atoms with van der Waals surface area (Å²) >= 11 is 0. The lowest BCUT2D eigenvalue weighted by atomic mass is 9.86. The fourth-order valence-corrected chi connectivity index (χ4v) is 3.44. The first-order valence-electron chi connectivity index (χ1n) is 7.92. The fourth-order valence-electron chi connectivity index (χ4n) is 3.44. The SMILES string of the molecule is Cn1c(CCC2CCCCC2)nc2ccc(CN)cc21. The summed E-state index contributed by atoms with van der Waals surface area (Å²) in [6.07, 6.45) is 9.52. The molecule has 3 nitrogen and oxygen atoms in total. The second-order valence-corrected chi connectivity index (χ2v) is 6.16. The van der Waals surface area contributed by atoms with Crippen molar-refractivity contribution in [3.05, 3.63) is 29.6 Å². The van der Waals surface area contributed by atoms with Gasteiger partial charge in [-0.15, -0.1) is 0 Å². The molecular weight excluding hydrogens is 246 g/mol. The lowest BCUT2D eigenvalue weighted by Gasteiger charge is -2.21. The van der Waals surface area contributed by atoms with E-state index in [9.17, 15) is 0 Å². The number of nitrogens with two attached hydrogens (primary N) is 1. The van der Waals surface area contributed by atoms with Crippen molar-refractivity contribution in [1.29, 1.82) is 0 Å². The molecule has 0 radical (unpaired) electrons. The third kappa shape index (κ3) is 2.73. The van der Waals surface area contributed by atoms with Crippen molar-refractivity contribution in [2.75, 3.05) is 0 Å². The van der Waals surface area contributed by atoms with Crippen LogP contribution in [0.3, 0.4) is 0 Å². The van der Waals surface area contributed by atoms with E-state index in [1.165, 1.54) is 55.4 Å². The lowest BCUT2D eigenvalue weighted by Crippen LogP contribution is -2.09. The van der Waals surface area contributed by atoms with Gasteiger partial charge in [0.2, 0.25) is 0 Å². The molecule has 0 amide bonds. The molecule has 20 heavy (non-hydrogen) atoms. The fraction of sp³-hybridized carbons (Fsp3) is 0.588. The first-order chi connectivity index (χ1) is 9.78. The van der Waals surface area contributed by atoms with Crippen LogP contribution in [0, 0.1) is 5.92 Å². The van der Waals surface area contributed by atoms with Crippen molar-refractivity contribution in [1.82, 2.24) is 9.55 Å². The summed E-state index contributed by atoms with van der Waals surface area (Å²) in [5, 5.41) is 0. The van der Waals surface area contributed by atoms with Crippen molar-refractivity contribution >= 4 is 11.0 Å². The smallest absolute Gasteiger partial charge is 0.109 e. The van der Waals surface area contributed by atoms with Crippen molar-refractivity contribution in [2.24, 2.45) is 18.7 Å². The largest absolute Gasteiger partial charge is 0.331 e. The van der Waals surface area contributed by atoms with Gasteiger partial charge >= 0.3 is 0 Å². The van der Waals surface area contributed by atoms with Crippen LogP contribution in [0.5, 0.6) is 0 Å². The topological polar surface area (TPSA) is 43.8 Å². The number of hydrogen-bond acceptors (Lipinski definition) is 2. The maximum Gasteiger partial charge on any atom is 0.109 e. The molecule has 0 saturated heterocycles. The van der Waals surface area contributed by atoms with E-state index >= 15 is 0 Å². The molecule has 3 heteroatoms. The summed E-state index contributed by atoms with van der Waals surface area (Å²) < 4.78 is 2.25. The highest BCUT2D eigenvalue weighted by Gasteiger charge is 2.15. The van der Waals surface area contributed by atoms with Crippen molar-refractivity contribution in [2.45, 2.75) is 51.5 Å². The van der Waals surface area contributed by atoms with Crippen molar-refractivity contribution in [3.63, 3.8) is 0 Å². The number of fused-ring (bicyclic) bond motifs is 1. The molecule has 108 valence electrons. The highest BCUT2D eigenvalue weighted by Crippen LogP contribution is 2.28. The van der Waals surface area contributed by atoms with Gasteiger partial charge in [-0.3, -0.25) is 0 Å². The Labute approximate surface area is 121 Å². The van der Waals surface area contributed by atoms with Gasteiger partial charge in [0, 0.05) is 20.0 Å². The van der Waals surface area contributed by atoms with E-state index in [0.29, 0.717) is 6.54 Å². The van der Waals surface area contributed by atoms with Crippen LogP contribution in [0.4, 0.5) is 0 Å². The van der Waals surface area contributed by atoms with E-state index in [1.807, 2.05) is 0 Å². The lowest BCUT2D eigenvalue weighted by molar-refractivity contribution is 0.336. The number of rotatable bonds is 4. The first-order valence-corrected chi connectivity index (χ1v) is 7.92. The van der Waals surface area contributed by atoms with Gasteiger partial charge in [0.1, 0.15) is 5.82 Å². The molecule has 0 atom stereocenters. The summed E-state index contributed by atoms with van der Waals surface area (Å²) in [5.74, 6) is 2.14. The van der Waals surface area contributed by atoms with Crippen LogP contribution in [0.25, 0.3) is 11.0 Å². The van der Waals surface area contributed by atoms with E-state index in [0.717, 1.165) is 17.9 Å². The Kier molecular flexibility index (Phi) is 4.06. The Hall–Kier alpha value is -1.35. The van der Waals surface area contributed by atoms with Gasteiger partial charge in [-0.2, -0.15) is 0 Å². The van der Waals surface area contributed by atoms with Crippen LogP contribution in [-0.4, -0.2) is 9.55 Å². The summed E-state index contributed by atoms with van der Waals surface area (Å²) in [6.45, 7) is 0.596. The summed E-state index contributed by atoms with van der Waals surface area (Å²) in [7, 11) is 2.13. The number of nitrogens with zero attached hydrogens (tertiary/aromatic N) is 2. The highest BCUT2D eigenvalue weighted by molar-refractivity contribution is 5.76. The zero-order valence-corrected chi connectivity index (χ0v) is 12.4. The van der Waals surface area contributed by atoms with Crippen LogP contribution >= 0.6 is 0 Å². The third-order valence-electron chi connectivity index (χ3n) is 4.77. The molecule has 3 rings (SSSR count). The van der Waals surface area contributed by atoms with E-state index in [4.69, 9.17) is 10.7 Å². The maximum atomic E-state index is 5.72. The van der Waals surface area contributed by atoms with Gasteiger partial charge in [-0.1, -0.05) is 38.2 Å². The Morgan fingerprint density at radius 1 is 1.25 bits per heavy atom. The molecule has 1 heterocycles. The van der Waals surface area contributed by atoms with Crippen LogP contribution in [-0.2, 0) is 20.0 Å². The molecule has 1 aromatic heterocycles. The molecule has 2 N–H and O–H groups in total. The monoisotopic (exact) mass is 271 g/mol. The zero-order chi connectivity index (χ0) is 13.9. The number of hydrogen-bond donors (Lipinski definition) is 1. The predicted molar refractivity (Wildman–Crippen MR) is 83.5 cm³/mol. The van der Waals surface area contributed by atoms with Crippen molar-refractivity contribution in [3.8, 4) is 0 Å². The van der Waals surface area contributed by atoms with Gasteiger partial charge in [0.15, 0.2) is 0 Å². The minimum absolute atomic E-state index is 0.596. The molecule has 1 aromatic carbocycles. The molecule has 1 aliphatic rings. The third-order valence-corrected chi connectivity index (χ3v) is 4.77. The Bertz CT molecular complexity index is 579. The Morgan fingerprint density at radius 2 is 2.05 bits per heavy atom. The van der Waals surface area contributed by atoms with Gasteiger partial charge in [0.25, 0.3) is 0 Å². The maximum absolute atomic E-state index is 5.72. The van der Waals surface area contributed by atoms with E-state index in [-0.39, 0.29) is 0 Å². The Balaban J connectivity index is 1.75. The molecule has 0 bridgehead atoms. The average molecular weight is 271 g/mol. The molecule has 1 aliphatic carbocycles. The number of benzene rings is 1. The second kappa shape index (κ2) is 5.96. The average Bonchev–Trinajstić information content (AvgIpc) is 2.82. The highest BCUT2D eigenvalue weighted by atomic mass is 15.1. The van der Waals surface area contributed by atoms with Gasteiger partial charge < -0.3 is 10.3 Å². The van der Waals surface area contributed by atoms with E-state index in [2.05, 4.69) is 29.8 Å². The predicted octanol–water partition coefficient (Wildman–Crippen LogP) is 3.54. The van der Waals surface area contributed by atoms with E-state index in [1.54, 1.807) is 0 Å². The molecular formula is C17H25N3. The van der Waals surface area contributed by atoms with Gasteiger partial charge in [-0.25, -0.2) is 4.98 Å². The van der Waals surface area contributed by atoms with Crippen LogP contribution in [0.1, 0.15) is 49.9 Å². The second-order valence-electron chi connectivity index (χ2n) is 6.16. The molecule has 0 aliphatic heterocycles.